The summed E-state index contributed by atoms with van der Waals surface area (Å²) in [5.41, 5.74) is 2.56. The second-order valence-corrected chi connectivity index (χ2v) is 6.90. The van der Waals surface area contributed by atoms with E-state index < -0.39 is 0 Å². The molecule has 1 amide bonds. The van der Waals surface area contributed by atoms with Gasteiger partial charge in [0.1, 0.15) is 17.8 Å². The lowest BCUT2D eigenvalue weighted by atomic mass is 10.0. The smallest absolute Gasteiger partial charge is 0.271 e. The molecule has 7 nitrogen and oxygen atoms in total. The van der Waals surface area contributed by atoms with Gasteiger partial charge in [-0.25, -0.2) is 0 Å². The fourth-order valence-corrected chi connectivity index (χ4v) is 3.69. The number of nitrogens with zero attached hydrogens (tertiary/aromatic N) is 4. The lowest BCUT2D eigenvalue weighted by Crippen LogP contribution is -2.35. The van der Waals surface area contributed by atoms with Crippen LogP contribution in [0.25, 0.3) is 16.8 Å². The van der Waals surface area contributed by atoms with Crippen LogP contribution in [0.4, 0.5) is 0 Å². The first-order valence-corrected chi connectivity index (χ1v) is 9.41. The van der Waals surface area contributed by atoms with Gasteiger partial charge in [0.25, 0.3) is 5.91 Å². The van der Waals surface area contributed by atoms with Gasteiger partial charge in [0.2, 0.25) is 0 Å². The van der Waals surface area contributed by atoms with E-state index in [1.807, 2.05) is 24.3 Å². The molecule has 1 N–H and O–H groups in total. The predicted octanol–water partition coefficient (Wildman–Crippen LogP) is 3.25. The van der Waals surface area contributed by atoms with Crippen molar-refractivity contribution in [1.29, 1.82) is 0 Å². The van der Waals surface area contributed by atoms with Crippen molar-refractivity contribution in [2.75, 3.05) is 7.11 Å². The molecule has 0 unspecified atom stereocenters. The molecule has 1 aliphatic carbocycles. The second kappa shape index (κ2) is 7.73. The first kappa shape index (κ1) is 17.5. The van der Waals surface area contributed by atoms with Crippen molar-refractivity contribution in [2.24, 2.45) is 0 Å². The molecule has 27 heavy (non-hydrogen) atoms. The maximum Gasteiger partial charge on any atom is 0.271 e. The maximum atomic E-state index is 12.9. The SMILES string of the molecule is COc1ccccc1-c1cc(C(=O)NC2CCCCCC2)nn2cnnc12. The van der Waals surface area contributed by atoms with Crippen LogP contribution in [0.1, 0.15) is 49.0 Å². The zero-order chi connectivity index (χ0) is 18.6. The van der Waals surface area contributed by atoms with Crippen LogP contribution >= 0.6 is 0 Å². The van der Waals surface area contributed by atoms with E-state index in [2.05, 4.69) is 20.6 Å². The molecule has 1 fully saturated rings. The monoisotopic (exact) mass is 365 g/mol. The normalized spacial score (nSPS) is 15.4. The summed E-state index contributed by atoms with van der Waals surface area (Å²) in [6.45, 7) is 0. The summed E-state index contributed by atoms with van der Waals surface area (Å²) in [5.74, 6) is 0.553. The molecule has 7 heteroatoms. The lowest BCUT2D eigenvalue weighted by molar-refractivity contribution is 0.0927. The molecule has 0 aliphatic heterocycles. The Morgan fingerprint density at radius 2 is 1.93 bits per heavy atom. The highest BCUT2D eigenvalue weighted by atomic mass is 16.5. The molecule has 0 bridgehead atoms. The van der Waals surface area contributed by atoms with Crippen molar-refractivity contribution in [3.05, 3.63) is 42.4 Å². The third kappa shape index (κ3) is 3.63. The van der Waals surface area contributed by atoms with Gasteiger partial charge < -0.3 is 10.1 Å². The van der Waals surface area contributed by atoms with Gasteiger partial charge in [-0.1, -0.05) is 43.9 Å². The first-order chi connectivity index (χ1) is 13.3. The van der Waals surface area contributed by atoms with Crippen LogP contribution < -0.4 is 10.1 Å². The number of para-hydroxylation sites is 1. The van der Waals surface area contributed by atoms with E-state index >= 15 is 0 Å². The summed E-state index contributed by atoms with van der Waals surface area (Å²) in [7, 11) is 1.63. The third-order valence-electron chi connectivity index (χ3n) is 5.09. The van der Waals surface area contributed by atoms with E-state index in [1.165, 1.54) is 19.2 Å². The number of carbonyl (C=O) groups excluding carboxylic acids is 1. The number of hydrogen-bond donors (Lipinski definition) is 1. The van der Waals surface area contributed by atoms with Gasteiger partial charge in [-0.3, -0.25) is 4.79 Å². The Morgan fingerprint density at radius 3 is 2.70 bits per heavy atom. The number of aromatic nitrogens is 4. The van der Waals surface area contributed by atoms with Crippen molar-refractivity contribution in [1.82, 2.24) is 25.1 Å². The van der Waals surface area contributed by atoms with Crippen LogP contribution in [0.3, 0.4) is 0 Å². The molecule has 2 aromatic heterocycles. The summed E-state index contributed by atoms with van der Waals surface area (Å²) in [5, 5.41) is 15.7. The van der Waals surface area contributed by atoms with E-state index in [1.54, 1.807) is 17.7 Å². The number of hydrogen-bond acceptors (Lipinski definition) is 5. The molecular formula is C20H23N5O2. The van der Waals surface area contributed by atoms with Gasteiger partial charge in [0, 0.05) is 17.2 Å². The molecule has 0 saturated heterocycles. The molecule has 1 aliphatic rings. The Bertz CT molecular complexity index is 944. The highest BCUT2D eigenvalue weighted by Crippen LogP contribution is 2.32. The average molecular weight is 365 g/mol. The molecule has 0 spiro atoms. The number of rotatable bonds is 4. The van der Waals surface area contributed by atoms with Crippen molar-refractivity contribution < 1.29 is 9.53 Å². The van der Waals surface area contributed by atoms with E-state index in [0.717, 1.165) is 36.8 Å². The van der Waals surface area contributed by atoms with Crippen molar-refractivity contribution in [2.45, 2.75) is 44.6 Å². The van der Waals surface area contributed by atoms with Crippen LogP contribution in [0.15, 0.2) is 36.7 Å². The number of ether oxygens (including phenoxy) is 1. The van der Waals surface area contributed by atoms with Crippen LogP contribution in [0.2, 0.25) is 0 Å². The van der Waals surface area contributed by atoms with Gasteiger partial charge in [-0.15, -0.1) is 10.2 Å². The van der Waals surface area contributed by atoms with Gasteiger partial charge in [-0.2, -0.15) is 9.61 Å². The highest BCUT2D eigenvalue weighted by molar-refractivity contribution is 5.95. The number of carbonyl (C=O) groups is 1. The summed E-state index contributed by atoms with van der Waals surface area (Å²) >= 11 is 0. The van der Waals surface area contributed by atoms with E-state index in [0.29, 0.717) is 17.1 Å². The standard InChI is InChI=1S/C20H23N5O2/c1-27-18-11-7-6-10-15(18)16-12-17(24-25-13-21-23-19(16)25)20(26)22-14-8-4-2-3-5-9-14/h6-7,10-14H,2-5,8-9H2,1H3,(H,22,26). The van der Waals surface area contributed by atoms with Crippen molar-refractivity contribution in [3.63, 3.8) is 0 Å². The summed E-state index contributed by atoms with van der Waals surface area (Å²) in [4.78, 5) is 12.9. The number of benzene rings is 1. The number of fused-ring (bicyclic) bond motifs is 1. The molecule has 1 saturated carbocycles. The summed E-state index contributed by atoms with van der Waals surface area (Å²) in [6, 6.07) is 9.64. The minimum Gasteiger partial charge on any atom is -0.496 e. The van der Waals surface area contributed by atoms with Gasteiger partial charge in [0.05, 0.1) is 7.11 Å². The Labute approximate surface area is 157 Å². The molecule has 3 aromatic rings. The fraction of sp³-hybridized carbons (Fsp3) is 0.400. The number of methoxy groups -OCH3 is 1. The predicted molar refractivity (Wildman–Crippen MR) is 102 cm³/mol. The largest absolute Gasteiger partial charge is 0.496 e. The lowest BCUT2D eigenvalue weighted by Gasteiger charge is -2.16. The molecule has 0 atom stereocenters. The fourth-order valence-electron chi connectivity index (χ4n) is 3.69. The summed E-state index contributed by atoms with van der Waals surface area (Å²) in [6.07, 6.45) is 8.38. The second-order valence-electron chi connectivity index (χ2n) is 6.90. The quantitative estimate of drug-likeness (QED) is 0.718. The Kier molecular flexibility index (Phi) is 5.00. The highest BCUT2D eigenvalue weighted by Gasteiger charge is 2.20. The minimum atomic E-state index is -0.159. The molecule has 0 radical (unpaired) electrons. The zero-order valence-electron chi connectivity index (χ0n) is 15.4. The Hall–Kier alpha value is -2.96. The van der Waals surface area contributed by atoms with Gasteiger partial charge in [0.15, 0.2) is 5.65 Å². The third-order valence-corrected chi connectivity index (χ3v) is 5.09. The van der Waals surface area contributed by atoms with Crippen LogP contribution in [-0.4, -0.2) is 38.9 Å². The Balaban J connectivity index is 1.71. The molecule has 140 valence electrons. The zero-order valence-corrected chi connectivity index (χ0v) is 15.4. The number of amides is 1. The van der Waals surface area contributed by atoms with Gasteiger partial charge in [-0.05, 0) is 25.0 Å². The first-order valence-electron chi connectivity index (χ1n) is 9.41. The van der Waals surface area contributed by atoms with E-state index in [-0.39, 0.29) is 11.9 Å². The number of nitrogens with one attached hydrogen (secondary N) is 1. The maximum absolute atomic E-state index is 12.9. The van der Waals surface area contributed by atoms with E-state index in [4.69, 9.17) is 4.74 Å². The van der Waals surface area contributed by atoms with Gasteiger partial charge >= 0.3 is 0 Å². The average Bonchev–Trinajstić information content (AvgIpc) is 3.03. The minimum absolute atomic E-state index is 0.159. The summed E-state index contributed by atoms with van der Waals surface area (Å²) < 4.78 is 7.03. The van der Waals surface area contributed by atoms with Crippen molar-refractivity contribution >= 4 is 11.6 Å². The topological polar surface area (TPSA) is 81.4 Å². The molecule has 2 heterocycles. The van der Waals surface area contributed by atoms with Crippen molar-refractivity contribution in [3.8, 4) is 16.9 Å². The molecular weight excluding hydrogens is 342 g/mol. The molecule has 4 rings (SSSR count). The molecule has 1 aromatic carbocycles. The van der Waals surface area contributed by atoms with Crippen LogP contribution in [-0.2, 0) is 0 Å². The van der Waals surface area contributed by atoms with Crippen LogP contribution in [0.5, 0.6) is 5.75 Å². The Morgan fingerprint density at radius 1 is 1.15 bits per heavy atom. The van der Waals surface area contributed by atoms with Crippen LogP contribution in [0, 0.1) is 0 Å². The van der Waals surface area contributed by atoms with E-state index in [9.17, 15) is 4.79 Å².